The number of fused-ring (bicyclic) bond motifs is 1. The third-order valence-electron chi connectivity index (χ3n) is 4.72. The largest absolute Gasteiger partial charge is 0.331 e. The minimum atomic E-state index is -3.57. The lowest BCUT2D eigenvalue weighted by molar-refractivity contribution is -0.121. The number of sulfonamides is 1. The molecule has 0 saturated heterocycles. The molecule has 0 spiro atoms. The number of nitrogens with zero attached hydrogens (tertiary/aromatic N) is 3. The van der Waals surface area contributed by atoms with Gasteiger partial charge in [-0.2, -0.15) is 0 Å². The van der Waals surface area contributed by atoms with E-state index in [0.717, 1.165) is 9.82 Å². The number of halogens is 1. The Hall–Kier alpha value is -2.95. The van der Waals surface area contributed by atoms with E-state index in [2.05, 4.69) is 15.8 Å². The number of imidazole rings is 1. The number of hydrazine groups is 1. The van der Waals surface area contributed by atoms with Crippen LogP contribution in [0.5, 0.6) is 0 Å². The van der Waals surface area contributed by atoms with Crippen molar-refractivity contribution in [3.8, 4) is 0 Å². The summed E-state index contributed by atoms with van der Waals surface area (Å²) >= 11 is 5.79. The smallest absolute Gasteiger partial charge is 0.269 e. The molecule has 0 bridgehead atoms. The Bertz CT molecular complexity index is 1240. The molecule has 1 heterocycles. The number of amides is 2. The van der Waals surface area contributed by atoms with E-state index in [1.54, 1.807) is 41.9 Å². The molecule has 3 aromatic rings. The van der Waals surface area contributed by atoms with Gasteiger partial charge in [0.2, 0.25) is 15.9 Å². The Balaban J connectivity index is 1.63. The van der Waals surface area contributed by atoms with Crippen LogP contribution in [0, 0.1) is 0 Å². The number of aromatic nitrogens is 2. The number of hydrogen-bond acceptors (Lipinski definition) is 5. The van der Waals surface area contributed by atoms with Gasteiger partial charge in [0.1, 0.15) is 5.82 Å². The lowest BCUT2D eigenvalue weighted by atomic mass is 10.2. The van der Waals surface area contributed by atoms with Crippen LogP contribution in [0.15, 0.2) is 47.4 Å². The van der Waals surface area contributed by atoms with E-state index < -0.39 is 15.9 Å². The first-order valence-electron chi connectivity index (χ1n) is 9.32. The van der Waals surface area contributed by atoms with Crippen LogP contribution in [0.25, 0.3) is 11.0 Å². The summed E-state index contributed by atoms with van der Waals surface area (Å²) in [6.45, 7) is 0. The van der Waals surface area contributed by atoms with Gasteiger partial charge in [0.05, 0.1) is 15.9 Å². The Kier molecular flexibility index (Phi) is 6.63. The molecular weight excluding hydrogens is 442 g/mol. The van der Waals surface area contributed by atoms with Crippen molar-refractivity contribution < 1.29 is 18.0 Å². The average Bonchev–Trinajstić information content (AvgIpc) is 3.05. The summed E-state index contributed by atoms with van der Waals surface area (Å²) < 4.78 is 27.6. The topological polar surface area (TPSA) is 113 Å². The van der Waals surface area contributed by atoms with Gasteiger partial charge in [-0.25, -0.2) is 17.7 Å². The summed E-state index contributed by atoms with van der Waals surface area (Å²) in [6.07, 6.45) is 0.393. The SMILES string of the molecule is CN(C)S(=O)(=O)c1ccc2c(c1)nc(CCC(=O)NNC(=O)c1ccc(Cl)cc1)n2C. The second-order valence-electron chi connectivity index (χ2n) is 7.03. The molecule has 2 N–H and O–H groups in total. The van der Waals surface area contributed by atoms with Gasteiger partial charge in [-0.1, -0.05) is 11.6 Å². The fraction of sp³-hybridized carbons (Fsp3) is 0.250. The van der Waals surface area contributed by atoms with Gasteiger partial charge in [0.15, 0.2) is 0 Å². The minimum Gasteiger partial charge on any atom is -0.331 e. The second kappa shape index (κ2) is 9.04. The lowest BCUT2D eigenvalue weighted by Crippen LogP contribution is -2.41. The van der Waals surface area contributed by atoms with Crippen LogP contribution in [0.1, 0.15) is 22.6 Å². The molecule has 9 nitrogen and oxygen atoms in total. The van der Waals surface area contributed by atoms with Crippen molar-refractivity contribution in [2.24, 2.45) is 7.05 Å². The molecule has 0 radical (unpaired) electrons. The maximum atomic E-state index is 12.3. The van der Waals surface area contributed by atoms with Crippen LogP contribution >= 0.6 is 11.6 Å². The van der Waals surface area contributed by atoms with Gasteiger partial charge in [0.25, 0.3) is 5.91 Å². The van der Waals surface area contributed by atoms with Crippen LogP contribution in [-0.4, -0.2) is 48.2 Å². The predicted molar refractivity (Wildman–Crippen MR) is 117 cm³/mol. The summed E-state index contributed by atoms with van der Waals surface area (Å²) in [6, 6.07) is 11.0. The summed E-state index contributed by atoms with van der Waals surface area (Å²) in [5.41, 5.74) is 6.36. The fourth-order valence-corrected chi connectivity index (χ4v) is 3.96. The Morgan fingerprint density at radius 1 is 1.10 bits per heavy atom. The molecule has 164 valence electrons. The zero-order valence-corrected chi connectivity index (χ0v) is 18.8. The molecule has 1 aromatic heterocycles. The van der Waals surface area contributed by atoms with E-state index in [0.29, 0.717) is 28.3 Å². The van der Waals surface area contributed by atoms with Gasteiger partial charge in [-0.15, -0.1) is 0 Å². The zero-order chi connectivity index (χ0) is 22.8. The third kappa shape index (κ3) is 5.04. The van der Waals surface area contributed by atoms with E-state index in [1.807, 2.05) is 0 Å². The van der Waals surface area contributed by atoms with Crippen LogP contribution in [0.3, 0.4) is 0 Å². The van der Waals surface area contributed by atoms with Crippen LogP contribution in [-0.2, 0) is 28.3 Å². The molecule has 2 aromatic carbocycles. The third-order valence-corrected chi connectivity index (χ3v) is 6.78. The molecule has 0 saturated carbocycles. The molecule has 31 heavy (non-hydrogen) atoms. The molecule has 0 atom stereocenters. The molecule has 11 heteroatoms. The number of carbonyl (C=O) groups excluding carboxylic acids is 2. The van der Waals surface area contributed by atoms with Crippen molar-refractivity contribution in [2.75, 3.05) is 14.1 Å². The summed E-state index contributed by atoms with van der Waals surface area (Å²) in [7, 11) is 1.16. The van der Waals surface area contributed by atoms with Crippen LogP contribution in [0.2, 0.25) is 5.02 Å². The summed E-state index contributed by atoms with van der Waals surface area (Å²) in [5.74, 6) is -0.221. The number of nitrogens with one attached hydrogen (secondary N) is 2. The van der Waals surface area contributed by atoms with E-state index in [1.165, 1.54) is 26.2 Å². The van der Waals surface area contributed by atoms with Gasteiger partial charge < -0.3 is 4.57 Å². The monoisotopic (exact) mass is 463 g/mol. The number of aryl methyl sites for hydroxylation is 2. The maximum absolute atomic E-state index is 12.3. The average molecular weight is 464 g/mol. The van der Waals surface area contributed by atoms with E-state index in [-0.39, 0.29) is 17.2 Å². The van der Waals surface area contributed by atoms with Gasteiger partial charge in [-0.3, -0.25) is 20.4 Å². The molecule has 3 rings (SSSR count). The Labute approximate surface area is 185 Å². The molecule has 0 fully saturated rings. The minimum absolute atomic E-state index is 0.0842. The Morgan fingerprint density at radius 2 is 1.77 bits per heavy atom. The second-order valence-corrected chi connectivity index (χ2v) is 9.62. The highest BCUT2D eigenvalue weighted by Gasteiger charge is 2.19. The molecule has 0 aliphatic heterocycles. The normalized spacial score (nSPS) is 11.6. The number of rotatable bonds is 6. The standard InChI is InChI=1S/C20H22ClN5O4S/c1-25(2)31(29,30)15-8-9-17-16(12-15)22-18(26(17)3)10-11-19(27)23-24-20(28)13-4-6-14(21)7-5-13/h4-9,12H,10-11H2,1-3H3,(H,23,27)(H,24,28). The molecule has 0 aliphatic carbocycles. The maximum Gasteiger partial charge on any atom is 0.269 e. The predicted octanol–water partition coefficient (Wildman–Crippen LogP) is 1.87. The molecular formula is C20H22ClN5O4S. The van der Waals surface area contributed by atoms with E-state index >= 15 is 0 Å². The first-order valence-corrected chi connectivity index (χ1v) is 11.1. The summed E-state index contributed by atoms with van der Waals surface area (Å²) in [4.78, 5) is 28.8. The van der Waals surface area contributed by atoms with Crippen LogP contribution in [0.4, 0.5) is 0 Å². The van der Waals surface area contributed by atoms with Crippen molar-refractivity contribution in [1.82, 2.24) is 24.7 Å². The van der Waals surface area contributed by atoms with Crippen molar-refractivity contribution >= 4 is 44.5 Å². The first kappa shape index (κ1) is 22.7. The number of carbonyl (C=O) groups is 2. The first-order chi connectivity index (χ1) is 14.6. The van der Waals surface area contributed by atoms with E-state index in [9.17, 15) is 18.0 Å². The highest BCUT2D eigenvalue weighted by Crippen LogP contribution is 2.21. The van der Waals surface area contributed by atoms with Crippen molar-refractivity contribution in [1.29, 1.82) is 0 Å². The van der Waals surface area contributed by atoms with E-state index in [4.69, 9.17) is 11.6 Å². The number of benzene rings is 2. The highest BCUT2D eigenvalue weighted by atomic mass is 35.5. The van der Waals surface area contributed by atoms with Crippen molar-refractivity contribution in [2.45, 2.75) is 17.7 Å². The van der Waals surface area contributed by atoms with Gasteiger partial charge in [-0.05, 0) is 42.5 Å². The van der Waals surface area contributed by atoms with Crippen molar-refractivity contribution in [3.05, 3.63) is 58.9 Å². The fourth-order valence-electron chi connectivity index (χ4n) is 2.91. The highest BCUT2D eigenvalue weighted by molar-refractivity contribution is 7.89. The Morgan fingerprint density at radius 3 is 2.42 bits per heavy atom. The molecule has 2 amide bonds. The molecule has 0 aliphatic rings. The van der Waals surface area contributed by atoms with Crippen LogP contribution < -0.4 is 10.9 Å². The van der Waals surface area contributed by atoms with Gasteiger partial charge in [0, 0.05) is 44.6 Å². The number of hydrogen-bond donors (Lipinski definition) is 2. The van der Waals surface area contributed by atoms with Gasteiger partial charge >= 0.3 is 0 Å². The molecule has 0 unspecified atom stereocenters. The van der Waals surface area contributed by atoms with Crippen molar-refractivity contribution in [3.63, 3.8) is 0 Å². The summed E-state index contributed by atoms with van der Waals surface area (Å²) in [5, 5.41) is 0.509. The quantitative estimate of drug-likeness (QED) is 0.542. The zero-order valence-electron chi connectivity index (χ0n) is 17.2. The lowest BCUT2D eigenvalue weighted by Gasteiger charge is -2.10.